The van der Waals surface area contributed by atoms with Gasteiger partial charge in [0, 0.05) is 5.56 Å². The molecule has 0 N–H and O–H groups in total. The first-order valence-electron chi connectivity index (χ1n) is 10.9. The lowest BCUT2D eigenvalue weighted by molar-refractivity contribution is -0.146. The van der Waals surface area contributed by atoms with Crippen LogP contribution in [0.5, 0.6) is 11.5 Å². The molecule has 9 heteroatoms. The predicted octanol–water partition coefficient (Wildman–Crippen LogP) is 3.33. The molecule has 0 radical (unpaired) electrons. The summed E-state index contributed by atoms with van der Waals surface area (Å²) in [4.78, 5) is 63.2. The Bertz CT molecular complexity index is 1330. The van der Waals surface area contributed by atoms with Gasteiger partial charge in [-0.3, -0.25) is 19.3 Å². The number of rotatable bonds is 8. The number of fused-ring (bicyclic) bond motifs is 1. The van der Waals surface area contributed by atoms with E-state index in [2.05, 4.69) is 0 Å². The van der Waals surface area contributed by atoms with E-state index < -0.39 is 42.2 Å². The van der Waals surface area contributed by atoms with Crippen molar-refractivity contribution in [2.45, 2.75) is 13.0 Å². The highest BCUT2D eigenvalue weighted by atomic mass is 16.5. The summed E-state index contributed by atoms with van der Waals surface area (Å²) in [6.45, 7) is 0.773. The molecule has 2 amide bonds. The lowest BCUT2D eigenvalue weighted by Crippen LogP contribution is -2.44. The lowest BCUT2D eigenvalue weighted by atomic mass is 10.1. The Labute approximate surface area is 206 Å². The molecule has 0 saturated heterocycles. The van der Waals surface area contributed by atoms with Gasteiger partial charge < -0.3 is 14.2 Å². The zero-order valence-electron chi connectivity index (χ0n) is 19.4. The molecule has 3 aromatic carbocycles. The maximum Gasteiger partial charge on any atom is 0.343 e. The third-order valence-corrected chi connectivity index (χ3v) is 5.59. The number of methoxy groups -OCH3 is 1. The van der Waals surface area contributed by atoms with Gasteiger partial charge in [0.05, 0.1) is 23.8 Å². The molecule has 0 spiro atoms. The number of hydrogen-bond donors (Lipinski definition) is 0. The minimum absolute atomic E-state index is 0.213. The van der Waals surface area contributed by atoms with Crippen molar-refractivity contribution in [2.75, 3.05) is 13.7 Å². The molecular weight excluding hydrogens is 466 g/mol. The van der Waals surface area contributed by atoms with Crippen LogP contribution in [-0.2, 0) is 9.53 Å². The number of benzene rings is 3. The molecule has 1 atom stereocenters. The van der Waals surface area contributed by atoms with E-state index in [1.165, 1.54) is 56.5 Å². The van der Waals surface area contributed by atoms with E-state index in [0.29, 0.717) is 11.3 Å². The van der Waals surface area contributed by atoms with E-state index in [4.69, 9.17) is 14.2 Å². The zero-order valence-corrected chi connectivity index (χ0v) is 19.4. The van der Waals surface area contributed by atoms with Crippen LogP contribution in [0.3, 0.4) is 0 Å². The Kier molecular flexibility index (Phi) is 6.91. The van der Waals surface area contributed by atoms with Gasteiger partial charge in [-0.15, -0.1) is 0 Å². The van der Waals surface area contributed by atoms with Gasteiger partial charge in [0.1, 0.15) is 17.5 Å². The van der Waals surface area contributed by atoms with Crippen molar-refractivity contribution in [1.29, 1.82) is 0 Å². The number of nitrogens with zero attached hydrogens (tertiary/aromatic N) is 1. The quantitative estimate of drug-likeness (QED) is 0.206. The monoisotopic (exact) mass is 487 g/mol. The number of Topliss-reactive ketones (excluding diaryl/α,β-unsaturated/α-hetero) is 1. The van der Waals surface area contributed by atoms with Crippen molar-refractivity contribution in [1.82, 2.24) is 4.90 Å². The van der Waals surface area contributed by atoms with Crippen LogP contribution in [0.25, 0.3) is 0 Å². The van der Waals surface area contributed by atoms with Crippen molar-refractivity contribution < 1.29 is 38.2 Å². The van der Waals surface area contributed by atoms with Crippen LogP contribution in [0.1, 0.15) is 48.4 Å². The van der Waals surface area contributed by atoms with Gasteiger partial charge in [0.15, 0.2) is 12.4 Å². The van der Waals surface area contributed by atoms with Crippen molar-refractivity contribution >= 4 is 29.5 Å². The molecule has 0 aromatic heterocycles. The number of imide groups is 1. The maximum atomic E-state index is 12.5. The highest BCUT2D eigenvalue weighted by Gasteiger charge is 2.41. The first-order valence-corrected chi connectivity index (χ1v) is 10.9. The molecule has 0 saturated carbocycles. The van der Waals surface area contributed by atoms with Crippen molar-refractivity contribution in [2.24, 2.45) is 0 Å². The SMILES string of the molecule is COc1cccc(C(=O)Oc2ccc(C(=O)COC(=O)[C@@H](C)N3C(=O)c4ccccc4C3=O)cc2)c1. The minimum atomic E-state index is -1.21. The van der Waals surface area contributed by atoms with Crippen LogP contribution >= 0.6 is 0 Å². The molecule has 182 valence electrons. The number of hydrogen-bond acceptors (Lipinski definition) is 8. The molecule has 1 heterocycles. The van der Waals surface area contributed by atoms with E-state index in [-0.39, 0.29) is 22.4 Å². The van der Waals surface area contributed by atoms with E-state index in [0.717, 1.165) is 4.90 Å². The first-order chi connectivity index (χ1) is 17.3. The number of ether oxygens (including phenoxy) is 3. The highest BCUT2D eigenvalue weighted by molar-refractivity contribution is 6.22. The summed E-state index contributed by atoms with van der Waals surface area (Å²) in [5.41, 5.74) is 0.946. The summed E-state index contributed by atoms with van der Waals surface area (Å²) >= 11 is 0. The first kappa shape index (κ1) is 24.3. The van der Waals surface area contributed by atoms with E-state index in [9.17, 15) is 24.0 Å². The average Bonchev–Trinajstić information content (AvgIpc) is 3.16. The van der Waals surface area contributed by atoms with Crippen LogP contribution < -0.4 is 9.47 Å². The Balaban J connectivity index is 1.32. The molecule has 4 rings (SSSR count). The second kappa shape index (κ2) is 10.2. The smallest absolute Gasteiger partial charge is 0.343 e. The van der Waals surface area contributed by atoms with Crippen LogP contribution in [0, 0.1) is 0 Å². The van der Waals surface area contributed by atoms with Crippen LogP contribution in [0.2, 0.25) is 0 Å². The van der Waals surface area contributed by atoms with E-state index in [1.54, 1.807) is 30.3 Å². The van der Waals surface area contributed by atoms with Crippen molar-refractivity contribution in [3.8, 4) is 11.5 Å². The molecule has 0 bridgehead atoms. The molecule has 0 fully saturated rings. The largest absolute Gasteiger partial charge is 0.497 e. The van der Waals surface area contributed by atoms with Gasteiger partial charge in [0.25, 0.3) is 11.8 Å². The topological polar surface area (TPSA) is 116 Å². The fourth-order valence-electron chi connectivity index (χ4n) is 3.63. The lowest BCUT2D eigenvalue weighted by Gasteiger charge is -2.20. The number of amides is 2. The number of ketones is 1. The Hall–Kier alpha value is -4.79. The fourth-order valence-corrected chi connectivity index (χ4v) is 3.63. The third kappa shape index (κ3) is 4.85. The Morgan fingerprint density at radius 3 is 2.06 bits per heavy atom. The summed E-state index contributed by atoms with van der Waals surface area (Å²) in [5, 5.41) is 0. The zero-order chi connectivity index (χ0) is 25.8. The molecule has 3 aromatic rings. The summed E-state index contributed by atoms with van der Waals surface area (Å²) in [7, 11) is 1.49. The van der Waals surface area contributed by atoms with Gasteiger partial charge in [-0.05, 0) is 61.5 Å². The molecule has 1 aliphatic heterocycles. The predicted molar refractivity (Wildman–Crippen MR) is 126 cm³/mol. The second-order valence-corrected chi connectivity index (χ2v) is 7.88. The van der Waals surface area contributed by atoms with Gasteiger partial charge in [-0.2, -0.15) is 0 Å². The molecule has 9 nitrogen and oxygen atoms in total. The molecule has 0 aliphatic carbocycles. The van der Waals surface area contributed by atoms with Crippen LogP contribution in [0.15, 0.2) is 72.8 Å². The van der Waals surface area contributed by atoms with Gasteiger partial charge in [0.2, 0.25) is 0 Å². The number of esters is 2. The van der Waals surface area contributed by atoms with Gasteiger partial charge in [-0.1, -0.05) is 18.2 Å². The molecule has 36 heavy (non-hydrogen) atoms. The maximum absolute atomic E-state index is 12.5. The molecular formula is C27H21NO8. The molecule has 0 unspecified atom stereocenters. The summed E-state index contributed by atoms with van der Waals surface area (Å²) in [5.74, 6) is -2.45. The number of carbonyl (C=O) groups excluding carboxylic acids is 5. The van der Waals surface area contributed by atoms with E-state index >= 15 is 0 Å². The van der Waals surface area contributed by atoms with Gasteiger partial charge >= 0.3 is 11.9 Å². The van der Waals surface area contributed by atoms with Crippen LogP contribution in [0.4, 0.5) is 0 Å². The average molecular weight is 487 g/mol. The summed E-state index contributed by atoms with van der Waals surface area (Å²) < 4.78 is 15.5. The third-order valence-electron chi connectivity index (χ3n) is 5.59. The normalized spacial score (nSPS) is 13.1. The second-order valence-electron chi connectivity index (χ2n) is 7.88. The minimum Gasteiger partial charge on any atom is -0.497 e. The molecule has 1 aliphatic rings. The fraction of sp³-hybridized carbons (Fsp3) is 0.148. The number of carbonyl (C=O) groups is 5. The highest BCUT2D eigenvalue weighted by Crippen LogP contribution is 2.25. The Morgan fingerprint density at radius 1 is 0.806 bits per heavy atom. The van der Waals surface area contributed by atoms with E-state index in [1.807, 2.05) is 0 Å². The van der Waals surface area contributed by atoms with Crippen LogP contribution in [-0.4, -0.2) is 54.2 Å². The van der Waals surface area contributed by atoms with Crippen molar-refractivity contribution in [3.05, 3.63) is 95.1 Å². The summed E-state index contributed by atoms with van der Waals surface area (Å²) in [6.07, 6.45) is 0. The Morgan fingerprint density at radius 2 is 1.44 bits per heavy atom. The van der Waals surface area contributed by atoms with Gasteiger partial charge in [-0.25, -0.2) is 9.59 Å². The summed E-state index contributed by atoms with van der Waals surface area (Å²) in [6, 6.07) is 17.3. The standard InChI is InChI=1S/C27H21NO8/c1-16(28-24(30)21-8-3-4-9-22(21)25(28)31)26(32)35-15-23(29)17-10-12-19(13-11-17)36-27(33)18-6-5-7-20(14-18)34-2/h3-14,16H,15H2,1-2H3/t16-/m1/s1. The van der Waals surface area contributed by atoms with Crippen molar-refractivity contribution in [3.63, 3.8) is 0 Å².